The minimum absolute atomic E-state index is 0.0989. The van der Waals surface area contributed by atoms with Gasteiger partial charge >= 0.3 is 5.69 Å². The summed E-state index contributed by atoms with van der Waals surface area (Å²) < 4.78 is 16.3. The van der Waals surface area contributed by atoms with Crippen LogP contribution in [-0.2, 0) is 6.42 Å². The van der Waals surface area contributed by atoms with Crippen LogP contribution >= 0.6 is 11.6 Å². The van der Waals surface area contributed by atoms with E-state index in [1.54, 1.807) is 12.1 Å². The van der Waals surface area contributed by atoms with Gasteiger partial charge in [-0.1, -0.05) is 41.9 Å². The summed E-state index contributed by atoms with van der Waals surface area (Å²) in [5, 5.41) is 0.609. The quantitative estimate of drug-likeness (QED) is 0.712. The van der Waals surface area contributed by atoms with Crippen molar-refractivity contribution in [3.05, 3.63) is 69.6 Å². The van der Waals surface area contributed by atoms with Gasteiger partial charge in [0, 0.05) is 37.1 Å². The summed E-state index contributed by atoms with van der Waals surface area (Å²) in [7, 11) is 0. The number of aromatic nitrogens is 2. The Labute approximate surface area is 162 Å². The fourth-order valence-corrected chi connectivity index (χ4v) is 4.21. The molecule has 0 spiro atoms. The standard InChI is InChI=1S/C21H23ClFN3O/c22-16-6-7-20-19(13-16)24-21(27)26(20)18-8-10-25(11-9-18)14-17(23)12-15-4-2-1-3-5-15/h1-7,13,17-18H,8-12,14H2,(H,24,27)/t17-/m1/s1. The van der Waals surface area contributed by atoms with Crippen LogP contribution in [0, 0.1) is 0 Å². The monoisotopic (exact) mass is 387 g/mol. The average molecular weight is 388 g/mol. The Balaban J connectivity index is 1.38. The van der Waals surface area contributed by atoms with Crippen molar-refractivity contribution >= 4 is 22.6 Å². The highest BCUT2D eigenvalue weighted by Crippen LogP contribution is 2.26. The molecule has 1 fully saturated rings. The number of fused-ring (bicyclic) bond motifs is 1. The average Bonchev–Trinajstić information content (AvgIpc) is 2.98. The van der Waals surface area contributed by atoms with Crippen molar-refractivity contribution in [3.8, 4) is 0 Å². The minimum atomic E-state index is -0.873. The molecule has 0 unspecified atom stereocenters. The van der Waals surface area contributed by atoms with E-state index in [0.717, 1.165) is 42.5 Å². The Morgan fingerprint density at radius 1 is 1.15 bits per heavy atom. The highest BCUT2D eigenvalue weighted by molar-refractivity contribution is 6.31. The molecule has 6 heteroatoms. The zero-order valence-electron chi connectivity index (χ0n) is 15.1. The van der Waals surface area contributed by atoms with Gasteiger partial charge in [0.1, 0.15) is 6.17 Å². The van der Waals surface area contributed by atoms with E-state index in [1.165, 1.54) is 0 Å². The lowest BCUT2D eigenvalue weighted by Gasteiger charge is -2.33. The summed E-state index contributed by atoms with van der Waals surface area (Å²) in [6.07, 6.45) is 1.26. The predicted octanol–water partition coefficient (Wildman–Crippen LogP) is 4.20. The summed E-state index contributed by atoms with van der Waals surface area (Å²) in [4.78, 5) is 17.5. The Bertz CT molecular complexity index is 960. The molecule has 1 aromatic heterocycles. The first-order chi connectivity index (χ1) is 13.1. The largest absolute Gasteiger partial charge is 0.326 e. The van der Waals surface area contributed by atoms with E-state index < -0.39 is 6.17 Å². The third-order valence-corrected chi connectivity index (χ3v) is 5.59. The number of H-pyrrole nitrogens is 1. The molecule has 0 amide bonds. The molecule has 1 aliphatic rings. The molecule has 3 aromatic rings. The highest BCUT2D eigenvalue weighted by Gasteiger charge is 2.25. The van der Waals surface area contributed by atoms with Crippen LogP contribution in [0.4, 0.5) is 4.39 Å². The lowest BCUT2D eigenvalue weighted by Crippen LogP contribution is -2.40. The molecule has 1 saturated heterocycles. The van der Waals surface area contributed by atoms with E-state index in [4.69, 9.17) is 11.6 Å². The van der Waals surface area contributed by atoms with Gasteiger partial charge in [0.25, 0.3) is 0 Å². The molecule has 0 bridgehead atoms. The van der Waals surface area contributed by atoms with Gasteiger partial charge in [0.2, 0.25) is 0 Å². The second kappa shape index (κ2) is 7.87. The maximum absolute atomic E-state index is 14.4. The molecule has 1 aliphatic heterocycles. The fourth-order valence-electron chi connectivity index (χ4n) is 4.04. The van der Waals surface area contributed by atoms with E-state index in [9.17, 15) is 9.18 Å². The van der Waals surface area contributed by atoms with E-state index in [2.05, 4.69) is 9.88 Å². The molecule has 1 N–H and O–H groups in total. The number of nitrogens with zero attached hydrogens (tertiary/aromatic N) is 2. The Morgan fingerprint density at radius 3 is 2.63 bits per heavy atom. The van der Waals surface area contributed by atoms with Gasteiger partial charge in [-0.2, -0.15) is 0 Å². The summed E-state index contributed by atoms with van der Waals surface area (Å²) in [5.41, 5.74) is 2.58. The van der Waals surface area contributed by atoms with Gasteiger partial charge in [-0.3, -0.25) is 4.57 Å². The zero-order valence-corrected chi connectivity index (χ0v) is 15.8. The van der Waals surface area contributed by atoms with Crippen molar-refractivity contribution in [1.82, 2.24) is 14.5 Å². The van der Waals surface area contributed by atoms with Gasteiger partial charge < -0.3 is 9.88 Å². The molecule has 0 radical (unpaired) electrons. The van der Waals surface area contributed by atoms with Crippen molar-refractivity contribution < 1.29 is 4.39 Å². The smallest absolute Gasteiger partial charge is 0.305 e. The van der Waals surface area contributed by atoms with Crippen molar-refractivity contribution in [2.24, 2.45) is 0 Å². The summed E-state index contributed by atoms with van der Waals surface area (Å²) >= 11 is 6.02. The third-order valence-electron chi connectivity index (χ3n) is 5.36. The fraction of sp³-hybridized carbons (Fsp3) is 0.381. The number of benzene rings is 2. The number of halogens is 2. The molecule has 4 rings (SSSR count). The molecular formula is C21H23ClFN3O. The van der Waals surface area contributed by atoms with Crippen LogP contribution in [0.2, 0.25) is 5.02 Å². The molecule has 2 heterocycles. The van der Waals surface area contributed by atoms with Gasteiger partial charge in [0.05, 0.1) is 11.0 Å². The van der Waals surface area contributed by atoms with Crippen molar-refractivity contribution in [1.29, 1.82) is 0 Å². The first kappa shape index (κ1) is 18.3. The van der Waals surface area contributed by atoms with E-state index in [-0.39, 0.29) is 11.7 Å². The summed E-state index contributed by atoms with van der Waals surface area (Å²) in [6, 6.07) is 15.4. The van der Waals surface area contributed by atoms with E-state index >= 15 is 0 Å². The van der Waals surface area contributed by atoms with Crippen molar-refractivity contribution in [2.75, 3.05) is 19.6 Å². The number of rotatable bonds is 5. The van der Waals surface area contributed by atoms with Crippen LogP contribution in [0.5, 0.6) is 0 Å². The number of piperidine rings is 1. The molecule has 4 nitrogen and oxygen atoms in total. The summed E-state index contributed by atoms with van der Waals surface area (Å²) in [5.74, 6) is 0. The first-order valence-corrected chi connectivity index (χ1v) is 9.78. The number of likely N-dealkylation sites (tertiary alicyclic amines) is 1. The molecule has 2 aromatic carbocycles. The molecule has 0 aliphatic carbocycles. The molecule has 142 valence electrons. The topological polar surface area (TPSA) is 41.0 Å². The third kappa shape index (κ3) is 4.09. The van der Waals surface area contributed by atoms with Crippen LogP contribution in [0.25, 0.3) is 11.0 Å². The van der Waals surface area contributed by atoms with Gasteiger partial charge in [-0.05, 0) is 36.6 Å². The van der Waals surface area contributed by atoms with Crippen LogP contribution < -0.4 is 5.69 Å². The van der Waals surface area contributed by atoms with Crippen LogP contribution in [0.3, 0.4) is 0 Å². The minimum Gasteiger partial charge on any atom is -0.305 e. The Kier molecular flexibility index (Phi) is 5.32. The van der Waals surface area contributed by atoms with Gasteiger partial charge in [-0.15, -0.1) is 0 Å². The predicted molar refractivity (Wildman–Crippen MR) is 107 cm³/mol. The van der Waals surface area contributed by atoms with Crippen LogP contribution in [-0.4, -0.2) is 40.3 Å². The van der Waals surface area contributed by atoms with Crippen molar-refractivity contribution in [2.45, 2.75) is 31.5 Å². The Hall–Kier alpha value is -2.11. The number of nitrogens with one attached hydrogen (secondary N) is 1. The van der Waals surface area contributed by atoms with E-state index in [1.807, 2.05) is 41.0 Å². The number of aromatic amines is 1. The maximum atomic E-state index is 14.4. The molecular weight excluding hydrogens is 365 g/mol. The number of alkyl halides is 1. The van der Waals surface area contributed by atoms with E-state index in [0.29, 0.717) is 18.0 Å². The van der Waals surface area contributed by atoms with Gasteiger partial charge in [0.15, 0.2) is 0 Å². The maximum Gasteiger partial charge on any atom is 0.326 e. The Morgan fingerprint density at radius 2 is 1.89 bits per heavy atom. The lowest BCUT2D eigenvalue weighted by molar-refractivity contribution is 0.142. The van der Waals surface area contributed by atoms with Crippen LogP contribution in [0.1, 0.15) is 24.4 Å². The second-order valence-electron chi connectivity index (χ2n) is 7.28. The normalized spacial score (nSPS) is 17.4. The van der Waals surface area contributed by atoms with Gasteiger partial charge in [-0.25, -0.2) is 9.18 Å². The van der Waals surface area contributed by atoms with Crippen molar-refractivity contribution in [3.63, 3.8) is 0 Å². The SMILES string of the molecule is O=c1[nH]c2cc(Cl)ccc2n1C1CCN(C[C@H](F)Cc2ccccc2)CC1. The lowest BCUT2D eigenvalue weighted by atomic mass is 10.0. The second-order valence-corrected chi connectivity index (χ2v) is 7.72. The number of hydrogen-bond donors (Lipinski definition) is 1. The molecule has 1 atom stereocenters. The molecule has 0 saturated carbocycles. The first-order valence-electron chi connectivity index (χ1n) is 9.40. The number of imidazole rings is 1. The number of hydrogen-bond acceptors (Lipinski definition) is 2. The highest BCUT2D eigenvalue weighted by atomic mass is 35.5. The summed E-state index contributed by atoms with van der Waals surface area (Å²) in [6.45, 7) is 2.04. The van der Waals surface area contributed by atoms with Crippen LogP contribution in [0.15, 0.2) is 53.3 Å². The molecule has 27 heavy (non-hydrogen) atoms. The zero-order chi connectivity index (χ0) is 18.8.